The standard InChI is InChI=1S/C11H7F3OS/c1-6-3-2-4-7-5-8(16-9(6)7)10(15)11(12,13)14/h2-5H,1H3. The summed E-state index contributed by atoms with van der Waals surface area (Å²) in [5, 5.41) is 0.678. The third-order valence-corrected chi connectivity index (χ3v) is 3.51. The molecule has 0 radical (unpaired) electrons. The highest BCUT2D eigenvalue weighted by Crippen LogP contribution is 2.32. The second-order valence-corrected chi connectivity index (χ2v) is 4.48. The van der Waals surface area contributed by atoms with Gasteiger partial charge in [0.2, 0.25) is 0 Å². The fourth-order valence-electron chi connectivity index (χ4n) is 1.46. The van der Waals surface area contributed by atoms with Gasteiger partial charge in [0.15, 0.2) is 0 Å². The Morgan fingerprint density at radius 2 is 2.00 bits per heavy atom. The molecule has 1 aromatic carbocycles. The van der Waals surface area contributed by atoms with E-state index in [1.54, 1.807) is 25.1 Å². The van der Waals surface area contributed by atoms with Gasteiger partial charge in [-0.05, 0) is 23.9 Å². The van der Waals surface area contributed by atoms with Crippen molar-refractivity contribution < 1.29 is 18.0 Å². The van der Waals surface area contributed by atoms with Crippen LogP contribution in [0.1, 0.15) is 15.2 Å². The summed E-state index contributed by atoms with van der Waals surface area (Å²) < 4.78 is 37.4. The lowest BCUT2D eigenvalue weighted by atomic mass is 10.2. The van der Waals surface area contributed by atoms with E-state index in [1.807, 2.05) is 0 Å². The molecule has 0 spiro atoms. The van der Waals surface area contributed by atoms with Gasteiger partial charge >= 0.3 is 6.18 Å². The van der Waals surface area contributed by atoms with Gasteiger partial charge in [0, 0.05) is 4.70 Å². The van der Waals surface area contributed by atoms with Gasteiger partial charge in [0.05, 0.1) is 4.88 Å². The topological polar surface area (TPSA) is 17.1 Å². The molecular formula is C11H7F3OS. The maximum absolute atomic E-state index is 12.2. The van der Waals surface area contributed by atoms with Gasteiger partial charge in [-0.25, -0.2) is 0 Å². The molecule has 0 bridgehead atoms. The van der Waals surface area contributed by atoms with E-state index in [4.69, 9.17) is 0 Å². The first-order chi connectivity index (χ1) is 7.39. The lowest BCUT2D eigenvalue weighted by Crippen LogP contribution is -2.21. The molecule has 5 heteroatoms. The number of carbonyl (C=O) groups excluding carboxylic acids is 1. The van der Waals surface area contributed by atoms with Crippen molar-refractivity contribution in [3.05, 3.63) is 34.7 Å². The zero-order valence-corrected chi connectivity index (χ0v) is 9.08. The van der Waals surface area contributed by atoms with Crippen LogP contribution in [0.3, 0.4) is 0 Å². The quantitative estimate of drug-likeness (QED) is 0.694. The first-order valence-electron chi connectivity index (χ1n) is 4.50. The maximum Gasteiger partial charge on any atom is 0.455 e. The van der Waals surface area contributed by atoms with Crippen molar-refractivity contribution in [2.24, 2.45) is 0 Å². The maximum atomic E-state index is 12.2. The second-order valence-electron chi connectivity index (χ2n) is 3.43. The molecule has 0 aliphatic heterocycles. The zero-order valence-electron chi connectivity index (χ0n) is 8.26. The Morgan fingerprint density at radius 3 is 2.56 bits per heavy atom. The number of rotatable bonds is 1. The van der Waals surface area contributed by atoms with Crippen molar-refractivity contribution in [3.8, 4) is 0 Å². The lowest BCUT2D eigenvalue weighted by Gasteiger charge is -2.00. The van der Waals surface area contributed by atoms with E-state index in [-0.39, 0.29) is 4.88 Å². The summed E-state index contributed by atoms with van der Waals surface area (Å²) in [6.07, 6.45) is -4.80. The minimum absolute atomic E-state index is 0.253. The van der Waals surface area contributed by atoms with E-state index in [1.165, 1.54) is 6.07 Å². The van der Waals surface area contributed by atoms with Gasteiger partial charge in [-0.1, -0.05) is 18.2 Å². The van der Waals surface area contributed by atoms with Gasteiger partial charge < -0.3 is 0 Å². The first kappa shape index (κ1) is 11.1. The van der Waals surface area contributed by atoms with Gasteiger partial charge in [0.1, 0.15) is 0 Å². The molecule has 0 saturated heterocycles. The molecular weight excluding hydrogens is 237 g/mol. The SMILES string of the molecule is Cc1cccc2cc(C(=O)C(F)(F)F)sc12. The Hall–Kier alpha value is -1.36. The molecule has 1 aromatic heterocycles. The number of Topliss-reactive ketones (excluding diaryl/α,β-unsaturated/α-hetero) is 1. The summed E-state index contributed by atoms with van der Waals surface area (Å²) in [6, 6.07) is 6.56. The summed E-state index contributed by atoms with van der Waals surface area (Å²) in [7, 11) is 0. The van der Waals surface area contributed by atoms with E-state index in [2.05, 4.69) is 0 Å². The normalized spacial score (nSPS) is 12.0. The molecule has 16 heavy (non-hydrogen) atoms. The third kappa shape index (κ3) is 1.82. The number of ketones is 1. The van der Waals surface area contributed by atoms with Crippen molar-refractivity contribution in [3.63, 3.8) is 0 Å². The summed E-state index contributed by atoms with van der Waals surface area (Å²) in [5.74, 6) is -1.77. The number of carbonyl (C=O) groups is 1. The van der Waals surface area contributed by atoms with E-state index in [9.17, 15) is 18.0 Å². The molecule has 2 aromatic rings. The van der Waals surface area contributed by atoms with Crippen LogP contribution in [0.4, 0.5) is 13.2 Å². The molecule has 0 saturated carbocycles. The predicted octanol–water partition coefficient (Wildman–Crippen LogP) is 3.95. The van der Waals surface area contributed by atoms with Crippen LogP contribution in [0.15, 0.2) is 24.3 Å². The average molecular weight is 244 g/mol. The summed E-state index contributed by atoms with van der Waals surface area (Å²) in [5.41, 5.74) is 0.878. The van der Waals surface area contributed by atoms with E-state index in [0.29, 0.717) is 5.39 Å². The number of hydrogen-bond donors (Lipinski definition) is 0. The molecule has 0 amide bonds. The fourth-order valence-corrected chi connectivity index (χ4v) is 2.55. The number of benzene rings is 1. The molecule has 0 N–H and O–H groups in total. The third-order valence-electron chi connectivity index (χ3n) is 2.22. The highest BCUT2D eigenvalue weighted by atomic mass is 32.1. The smallest absolute Gasteiger partial charge is 0.283 e. The van der Waals surface area contributed by atoms with Crippen LogP contribution in [0.5, 0.6) is 0 Å². The Labute approximate surface area is 93.5 Å². The van der Waals surface area contributed by atoms with E-state index < -0.39 is 12.0 Å². The Bertz CT molecular complexity index is 554. The predicted molar refractivity (Wildman–Crippen MR) is 56.9 cm³/mol. The molecule has 0 unspecified atom stereocenters. The number of alkyl halides is 3. The highest BCUT2D eigenvalue weighted by Gasteiger charge is 2.40. The monoisotopic (exact) mass is 244 g/mol. The zero-order chi connectivity index (χ0) is 11.9. The number of halogens is 3. The summed E-state index contributed by atoms with van der Waals surface area (Å²) in [6.45, 7) is 1.81. The molecule has 1 heterocycles. The van der Waals surface area contributed by atoms with Crippen molar-refractivity contribution in [2.75, 3.05) is 0 Å². The van der Waals surface area contributed by atoms with Crippen LogP contribution in [0, 0.1) is 6.92 Å². The molecule has 0 aliphatic rings. The van der Waals surface area contributed by atoms with Gasteiger partial charge in [-0.2, -0.15) is 13.2 Å². The van der Waals surface area contributed by atoms with Gasteiger partial charge in [0.25, 0.3) is 5.78 Å². The molecule has 2 rings (SSSR count). The average Bonchev–Trinajstić information content (AvgIpc) is 2.60. The van der Waals surface area contributed by atoms with E-state index >= 15 is 0 Å². The first-order valence-corrected chi connectivity index (χ1v) is 5.32. The Kier molecular flexibility index (Phi) is 2.50. The van der Waals surface area contributed by atoms with Crippen molar-refractivity contribution in [2.45, 2.75) is 13.1 Å². The molecule has 0 fully saturated rings. The number of hydrogen-bond acceptors (Lipinski definition) is 2. The molecule has 1 nitrogen and oxygen atoms in total. The molecule has 0 atom stereocenters. The van der Waals surface area contributed by atoms with Crippen LogP contribution in [0.25, 0.3) is 10.1 Å². The lowest BCUT2D eigenvalue weighted by molar-refractivity contribution is -0.0882. The van der Waals surface area contributed by atoms with Crippen LogP contribution >= 0.6 is 11.3 Å². The Balaban J connectivity index is 2.56. The van der Waals surface area contributed by atoms with Crippen LogP contribution < -0.4 is 0 Å². The Morgan fingerprint density at radius 1 is 1.31 bits per heavy atom. The van der Waals surface area contributed by atoms with Crippen LogP contribution in [-0.2, 0) is 0 Å². The minimum Gasteiger partial charge on any atom is -0.283 e. The number of fused-ring (bicyclic) bond motifs is 1. The minimum atomic E-state index is -4.80. The van der Waals surface area contributed by atoms with Crippen molar-refractivity contribution in [1.82, 2.24) is 0 Å². The van der Waals surface area contributed by atoms with Crippen LogP contribution in [0.2, 0.25) is 0 Å². The summed E-state index contributed by atoms with van der Waals surface area (Å²) >= 11 is 0.889. The fraction of sp³-hybridized carbons (Fsp3) is 0.182. The second kappa shape index (κ2) is 3.59. The summed E-state index contributed by atoms with van der Waals surface area (Å²) in [4.78, 5) is 10.8. The highest BCUT2D eigenvalue weighted by molar-refractivity contribution is 7.21. The number of thiophene rings is 1. The van der Waals surface area contributed by atoms with Crippen molar-refractivity contribution in [1.29, 1.82) is 0 Å². The molecule has 0 aliphatic carbocycles. The van der Waals surface area contributed by atoms with Crippen LogP contribution in [-0.4, -0.2) is 12.0 Å². The largest absolute Gasteiger partial charge is 0.455 e. The van der Waals surface area contributed by atoms with Gasteiger partial charge in [-0.15, -0.1) is 11.3 Å². The number of aryl methyl sites for hydroxylation is 1. The van der Waals surface area contributed by atoms with E-state index in [0.717, 1.165) is 21.6 Å². The molecule has 84 valence electrons. The van der Waals surface area contributed by atoms with Gasteiger partial charge in [-0.3, -0.25) is 4.79 Å². The van der Waals surface area contributed by atoms with Crippen molar-refractivity contribution >= 4 is 27.2 Å².